The highest BCUT2D eigenvalue weighted by molar-refractivity contribution is 5.69. The van der Waals surface area contributed by atoms with E-state index in [0.29, 0.717) is 12.4 Å². The average Bonchev–Trinajstić information content (AvgIpc) is 2.36. The zero-order valence-electron chi connectivity index (χ0n) is 6.86. The number of hydrogen-bond donors (Lipinski definition) is 1. The van der Waals surface area contributed by atoms with Gasteiger partial charge >= 0.3 is 5.97 Å². The Morgan fingerprint density at radius 1 is 1.83 bits per heavy atom. The molecule has 0 aromatic carbocycles. The molecule has 0 saturated heterocycles. The second-order valence-electron chi connectivity index (χ2n) is 2.24. The number of aromatic nitrogens is 2. The Kier molecular flexibility index (Phi) is 2.68. The number of hydrogen-bond acceptors (Lipinski definition) is 4. The number of rotatable bonds is 3. The van der Waals surface area contributed by atoms with E-state index in [2.05, 4.69) is 5.10 Å². The topological polar surface area (TPSA) is 70.1 Å². The molecular weight excluding hydrogens is 158 g/mol. The van der Waals surface area contributed by atoms with E-state index in [4.69, 9.17) is 10.5 Å². The van der Waals surface area contributed by atoms with E-state index in [1.54, 1.807) is 19.2 Å². The van der Waals surface area contributed by atoms with E-state index in [1.165, 1.54) is 4.68 Å². The van der Waals surface area contributed by atoms with Gasteiger partial charge in [0, 0.05) is 6.20 Å². The fourth-order valence-electron chi connectivity index (χ4n) is 0.804. The van der Waals surface area contributed by atoms with Gasteiger partial charge in [-0.15, -0.1) is 0 Å². The molecule has 0 fully saturated rings. The lowest BCUT2D eigenvalue weighted by atomic mass is 10.6. The van der Waals surface area contributed by atoms with Crippen LogP contribution in [0, 0.1) is 0 Å². The van der Waals surface area contributed by atoms with Crippen molar-refractivity contribution in [2.45, 2.75) is 13.5 Å². The molecule has 0 amide bonds. The van der Waals surface area contributed by atoms with Crippen molar-refractivity contribution in [3.05, 3.63) is 12.3 Å². The van der Waals surface area contributed by atoms with E-state index >= 15 is 0 Å². The van der Waals surface area contributed by atoms with Crippen molar-refractivity contribution in [2.24, 2.45) is 0 Å². The lowest BCUT2D eigenvalue weighted by Gasteiger charge is -2.00. The summed E-state index contributed by atoms with van der Waals surface area (Å²) in [4.78, 5) is 10.9. The minimum Gasteiger partial charge on any atom is -0.465 e. The van der Waals surface area contributed by atoms with E-state index in [1.807, 2.05) is 0 Å². The number of anilines is 1. The van der Waals surface area contributed by atoms with E-state index < -0.39 is 0 Å². The van der Waals surface area contributed by atoms with Gasteiger partial charge in [-0.2, -0.15) is 5.10 Å². The van der Waals surface area contributed by atoms with Gasteiger partial charge in [0.15, 0.2) is 0 Å². The van der Waals surface area contributed by atoms with Crippen molar-refractivity contribution in [1.29, 1.82) is 0 Å². The molecule has 1 aromatic rings. The minimum atomic E-state index is -0.305. The monoisotopic (exact) mass is 169 g/mol. The van der Waals surface area contributed by atoms with E-state index in [0.717, 1.165) is 0 Å². The SMILES string of the molecule is CCOC(=O)Cn1ccc(N)n1. The smallest absolute Gasteiger partial charge is 0.327 e. The van der Waals surface area contributed by atoms with Crippen LogP contribution < -0.4 is 5.73 Å². The molecule has 1 rings (SSSR count). The molecule has 0 aliphatic heterocycles. The predicted molar refractivity (Wildman–Crippen MR) is 43.3 cm³/mol. The maximum absolute atomic E-state index is 10.9. The van der Waals surface area contributed by atoms with Crippen molar-refractivity contribution in [3.63, 3.8) is 0 Å². The molecule has 66 valence electrons. The van der Waals surface area contributed by atoms with Gasteiger partial charge in [0.2, 0.25) is 0 Å². The fraction of sp³-hybridized carbons (Fsp3) is 0.429. The molecular formula is C7H11N3O2. The van der Waals surface area contributed by atoms with E-state index in [-0.39, 0.29) is 12.5 Å². The maximum atomic E-state index is 10.9. The third-order valence-corrected chi connectivity index (χ3v) is 1.26. The zero-order valence-corrected chi connectivity index (χ0v) is 6.86. The summed E-state index contributed by atoms with van der Waals surface area (Å²) >= 11 is 0. The molecule has 5 heteroatoms. The molecule has 0 saturated carbocycles. The number of nitrogens with zero attached hydrogens (tertiary/aromatic N) is 2. The molecule has 5 nitrogen and oxygen atoms in total. The van der Waals surface area contributed by atoms with Crippen molar-refractivity contribution >= 4 is 11.8 Å². The Hall–Kier alpha value is -1.52. The van der Waals surface area contributed by atoms with Gasteiger partial charge in [-0.3, -0.25) is 9.48 Å². The quantitative estimate of drug-likeness (QED) is 0.648. The molecule has 2 N–H and O–H groups in total. The average molecular weight is 169 g/mol. The highest BCUT2D eigenvalue weighted by Crippen LogP contribution is 1.95. The maximum Gasteiger partial charge on any atom is 0.327 e. The lowest BCUT2D eigenvalue weighted by molar-refractivity contribution is -0.144. The van der Waals surface area contributed by atoms with Gasteiger partial charge in [-0.25, -0.2) is 0 Å². The van der Waals surface area contributed by atoms with Crippen LogP contribution in [0.2, 0.25) is 0 Å². The summed E-state index contributed by atoms with van der Waals surface area (Å²) in [7, 11) is 0. The van der Waals surface area contributed by atoms with Crippen LogP contribution in [-0.2, 0) is 16.1 Å². The first kappa shape index (κ1) is 8.58. The highest BCUT2D eigenvalue weighted by atomic mass is 16.5. The van der Waals surface area contributed by atoms with Gasteiger partial charge < -0.3 is 10.5 Å². The summed E-state index contributed by atoms with van der Waals surface area (Å²) in [6, 6.07) is 1.62. The summed E-state index contributed by atoms with van der Waals surface area (Å²) in [5.74, 6) is 0.0971. The minimum absolute atomic E-state index is 0.116. The second-order valence-corrected chi connectivity index (χ2v) is 2.24. The first-order valence-corrected chi connectivity index (χ1v) is 3.67. The Bertz CT molecular complexity index is 269. The zero-order chi connectivity index (χ0) is 8.97. The third-order valence-electron chi connectivity index (χ3n) is 1.26. The van der Waals surface area contributed by atoms with Gasteiger partial charge in [-0.1, -0.05) is 0 Å². The lowest BCUT2D eigenvalue weighted by Crippen LogP contribution is -2.13. The van der Waals surface area contributed by atoms with Gasteiger partial charge in [0.25, 0.3) is 0 Å². The van der Waals surface area contributed by atoms with Crippen molar-refractivity contribution in [1.82, 2.24) is 9.78 Å². The number of carbonyl (C=O) groups is 1. The van der Waals surface area contributed by atoms with Crippen LogP contribution in [-0.4, -0.2) is 22.4 Å². The van der Waals surface area contributed by atoms with Gasteiger partial charge in [-0.05, 0) is 13.0 Å². The number of esters is 1. The fourth-order valence-corrected chi connectivity index (χ4v) is 0.804. The Labute approximate surface area is 70.1 Å². The highest BCUT2D eigenvalue weighted by Gasteiger charge is 2.02. The molecule has 0 spiro atoms. The molecule has 0 aliphatic rings. The third kappa shape index (κ3) is 2.26. The largest absolute Gasteiger partial charge is 0.465 e. The summed E-state index contributed by atoms with van der Waals surface area (Å²) in [6.45, 7) is 2.26. The first-order chi connectivity index (χ1) is 5.72. The van der Waals surface area contributed by atoms with Gasteiger partial charge in [0.05, 0.1) is 6.61 Å². The molecule has 1 aromatic heterocycles. The molecule has 1 heterocycles. The molecule has 0 bridgehead atoms. The Morgan fingerprint density at radius 3 is 3.08 bits per heavy atom. The molecule has 12 heavy (non-hydrogen) atoms. The number of ether oxygens (including phenoxy) is 1. The Morgan fingerprint density at radius 2 is 2.58 bits per heavy atom. The van der Waals surface area contributed by atoms with E-state index in [9.17, 15) is 4.79 Å². The summed E-state index contributed by atoms with van der Waals surface area (Å²) in [6.07, 6.45) is 1.63. The Balaban J connectivity index is 2.46. The summed E-state index contributed by atoms with van der Waals surface area (Å²) in [5, 5.41) is 3.83. The molecule has 0 unspecified atom stereocenters. The second kappa shape index (κ2) is 3.75. The van der Waals surface area contributed by atoms with Crippen LogP contribution in [0.5, 0.6) is 0 Å². The van der Waals surface area contributed by atoms with Crippen LogP contribution in [0.3, 0.4) is 0 Å². The number of nitrogen functional groups attached to an aromatic ring is 1. The first-order valence-electron chi connectivity index (χ1n) is 3.67. The molecule has 0 aliphatic carbocycles. The number of nitrogens with two attached hydrogens (primary N) is 1. The van der Waals surface area contributed by atoms with Crippen LogP contribution in [0.15, 0.2) is 12.3 Å². The van der Waals surface area contributed by atoms with Crippen molar-refractivity contribution in [3.8, 4) is 0 Å². The molecule has 0 atom stereocenters. The van der Waals surface area contributed by atoms with Crippen LogP contribution in [0.1, 0.15) is 6.92 Å². The summed E-state index contributed by atoms with van der Waals surface area (Å²) in [5.41, 5.74) is 5.34. The van der Waals surface area contributed by atoms with Crippen molar-refractivity contribution < 1.29 is 9.53 Å². The summed E-state index contributed by atoms with van der Waals surface area (Å²) < 4.78 is 6.15. The van der Waals surface area contributed by atoms with Crippen molar-refractivity contribution in [2.75, 3.05) is 12.3 Å². The normalized spacial score (nSPS) is 9.75. The van der Waals surface area contributed by atoms with Crippen LogP contribution >= 0.6 is 0 Å². The van der Waals surface area contributed by atoms with Crippen LogP contribution in [0.4, 0.5) is 5.82 Å². The standard InChI is InChI=1S/C7H11N3O2/c1-2-12-7(11)5-10-4-3-6(8)9-10/h3-4H,2,5H2,1H3,(H2,8,9). The predicted octanol–water partition coefficient (Wildman–Crippen LogP) is 0.0284. The van der Waals surface area contributed by atoms with Gasteiger partial charge in [0.1, 0.15) is 12.4 Å². The number of carbonyl (C=O) groups excluding carboxylic acids is 1. The molecule has 0 radical (unpaired) electrons. The van der Waals surface area contributed by atoms with Crippen LogP contribution in [0.25, 0.3) is 0 Å².